The summed E-state index contributed by atoms with van der Waals surface area (Å²) in [5.41, 5.74) is 6.15. The van der Waals surface area contributed by atoms with E-state index >= 15 is 0 Å². The van der Waals surface area contributed by atoms with Gasteiger partial charge in [-0.3, -0.25) is 4.79 Å². The molecule has 3 N–H and O–H groups in total. The van der Waals surface area contributed by atoms with Crippen molar-refractivity contribution in [2.45, 2.75) is 38.3 Å². The second-order valence-electron chi connectivity index (χ2n) is 6.14. The maximum atomic E-state index is 11.6. The summed E-state index contributed by atoms with van der Waals surface area (Å²) in [5.74, 6) is -2.61. The number of hydrogen-bond donors (Lipinski definition) is 2. The van der Waals surface area contributed by atoms with Gasteiger partial charge < -0.3 is 39.3 Å². The third-order valence-electron chi connectivity index (χ3n) is 3.98. The summed E-state index contributed by atoms with van der Waals surface area (Å²) in [6.07, 6.45) is -3.84. The Labute approximate surface area is 178 Å². The number of rotatable bonds is 9. The molecule has 0 aliphatic heterocycles. The van der Waals surface area contributed by atoms with E-state index in [1.165, 1.54) is 18.2 Å². The Morgan fingerprint density at radius 3 is 2.10 bits per heavy atom. The summed E-state index contributed by atoms with van der Waals surface area (Å²) in [5, 5.41) is 9.40. The van der Waals surface area contributed by atoms with E-state index in [1.54, 1.807) is 13.8 Å². The SMILES string of the molecule is CCOC(=O)OC(C)CC(c1ccc(OC(=O)OC)c(OC(=O)OC)c1)[C@H](N)C(=O)O. The van der Waals surface area contributed by atoms with Crippen LogP contribution in [0.25, 0.3) is 0 Å². The Kier molecular flexibility index (Phi) is 10.1. The van der Waals surface area contributed by atoms with Gasteiger partial charge in [0.1, 0.15) is 12.1 Å². The van der Waals surface area contributed by atoms with Crippen molar-refractivity contribution in [2.75, 3.05) is 20.8 Å². The molecule has 1 rings (SSSR count). The van der Waals surface area contributed by atoms with Gasteiger partial charge in [-0.05, 0) is 38.0 Å². The Morgan fingerprint density at radius 1 is 1.00 bits per heavy atom. The third-order valence-corrected chi connectivity index (χ3v) is 3.98. The molecule has 1 aromatic carbocycles. The number of carboxylic acids is 1. The molecule has 0 radical (unpaired) electrons. The quantitative estimate of drug-likeness (QED) is 0.325. The minimum atomic E-state index is -1.40. The number of carbonyl (C=O) groups is 4. The molecule has 172 valence electrons. The topological polar surface area (TPSA) is 170 Å². The van der Waals surface area contributed by atoms with Gasteiger partial charge in [0.25, 0.3) is 0 Å². The second-order valence-corrected chi connectivity index (χ2v) is 6.14. The Bertz CT molecular complexity index is 795. The van der Waals surface area contributed by atoms with Crippen molar-refractivity contribution < 1.29 is 52.7 Å². The maximum absolute atomic E-state index is 11.6. The molecule has 0 aromatic heterocycles. The van der Waals surface area contributed by atoms with Crippen molar-refractivity contribution in [1.82, 2.24) is 0 Å². The number of ether oxygens (including phenoxy) is 6. The van der Waals surface area contributed by atoms with Crippen LogP contribution in [-0.4, -0.2) is 62.5 Å². The van der Waals surface area contributed by atoms with Crippen LogP contribution in [0.1, 0.15) is 31.7 Å². The predicted molar refractivity (Wildman–Crippen MR) is 103 cm³/mol. The molecule has 0 fully saturated rings. The van der Waals surface area contributed by atoms with E-state index in [-0.39, 0.29) is 24.5 Å². The molecule has 1 aromatic rings. The van der Waals surface area contributed by atoms with Crippen LogP contribution >= 0.6 is 0 Å². The molecule has 31 heavy (non-hydrogen) atoms. The number of benzene rings is 1. The minimum absolute atomic E-state index is 0.00114. The van der Waals surface area contributed by atoms with E-state index in [9.17, 15) is 24.3 Å². The van der Waals surface area contributed by atoms with Gasteiger partial charge in [0.15, 0.2) is 11.5 Å². The standard InChI is InChI=1S/C19H25NO11/c1-5-28-19(25)29-10(2)8-12(15(20)16(21)22)11-6-7-13(30-17(23)26-3)14(9-11)31-18(24)27-4/h6-7,9-10,12,15H,5,8,20H2,1-4H3,(H,21,22)/t10?,12?,15-/m0/s1. The average molecular weight is 443 g/mol. The smallest absolute Gasteiger partial charge is 0.480 e. The van der Waals surface area contributed by atoms with Gasteiger partial charge in [-0.1, -0.05) is 6.07 Å². The van der Waals surface area contributed by atoms with Gasteiger partial charge in [0.2, 0.25) is 0 Å². The summed E-state index contributed by atoms with van der Waals surface area (Å²) in [6.45, 7) is 3.26. The second kappa shape index (κ2) is 12.2. The Hall–Kier alpha value is -3.54. The summed E-state index contributed by atoms with van der Waals surface area (Å²) in [7, 11) is 2.16. The molecule has 0 heterocycles. The zero-order valence-electron chi connectivity index (χ0n) is 17.5. The largest absolute Gasteiger partial charge is 0.513 e. The number of nitrogens with two attached hydrogens (primary N) is 1. The van der Waals surface area contributed by atoms with E-state index in [0.717, 1.165) is 14.2 Å². The third kappa shape index (κ3) is 8.01. The molecule has 0 spiro atoms. The fraction of sp³-hybridized carbons (Fsp3) is 0.474. The number of aliphatic carboxylic acids is 1. The van der Waals surface area contributed by atoms with E-state index in [1.807, 2.05) is 0 Å². The Morgan fingerprint density at radius 2 is 1.58 bits per heavy atom. The van der Waals surface area contributed by atoms with Crippen molar-refractivity contribution in [2.24, 2.45) is 5.73 Å². The van der Waals surface area contributed by atoms with Gasteiger partial charge in [-0.25, -0.2) is 14.4 Å². The lowest BCUT2D eigenvalue weighted by molar-refractivity contribution is -0.139. The number of hydrogen-bond acceptors (Lipinski definition) is 11. The number of carbonyl (C=O) groups excluding carboxylic acids is 3. The highest BCUT2D eigenvalue weighted by Gasteiger charge is 2.30. The lowest BCUT2D eigenvalue weighted by Crippen LogP contribution is -2.38. The average Bonchev–Trinajstić information content (AvgIpc) is 2.72. The van der Waals surface area contributed by atoms with E-state index in [2.05, 4.69) is 9.47 Å². The maximum Gasteiger partial charge on any atom is 0.513 e. The van der Waals surface area contributed by atoms with Crippen molar-refractivity contribution in [3.05, 3.63) is 23.8 Å². The summed E-state index contributed by atoms with van der Waals surface area (Å²) >= 11 is 0. The molecule has 2 unspecified atom stereocenters. The van der Waals surface area contributed by atoms with Crippen LogP contribution in [0.4, 0.5) is 14.4 Å². The van der Waals surface area contributed by atoms with Crippen LogP contribution in [0.5, 0.6) is 11.5 Å². The molecule has 12 nitrogen and oxygen atoms in total. The number of carboxylic acid groups (broad SMARTS) is 1. The first-order valence-corrected chi connectivity index (χ1v) is 9.10. The first-order valence-electron chi connectivity index (χ1n) is 9.10. The molecule has 0 aliphatic carbocycles. The predicted octanol–water partition coefficient (Wildman–Crippen LogP) is 2.42. The van der Waals surface area contributed by atoms with Crippen LogP contribution < -0.4 is 15.2 Å². The van der Waals surface area contributed by atoms with Crippen molar-refractivity contribution in [3.63, 3.8) is 0 Å². The van der Waals surface area contributed by atoms with Crippen molar-refractivity contribution in [1.29, 1.82) is 0 Å². The summed E-state index contributed by atoms with van der Waals surface area (Å²) in [4.78, 5) is 46.1. The zero-order chi connectivity index (χ0) is 23.6. The molecule has 0 saturated carbocycles. The molecule has 0 aliphatic rings. The van der Waals surface area contributed by atoms with Gasteiger partial charge in [-0.2, -0.15) is 0 Å². The highest BCUT2D eigenvalue weighted by Crippen LogP contribution is 2.35. The van der Waals surface area contributed by atoms with E-state index < -0.39 is 42.5 Å². The van der Waals surface area contributed by atoms with Crippen LogP contribution in [-0.2, 0) is 23.7 Å². The molecule has 0 bridgehead atoms. The van der Waals surface area contributed by atoms with Gasteiger partial charge in [-0.15, -0.1) is 0 Å². The van der Waals surface area contributed by atoms with Gasteiger partial charge in [0.05, 0.1) is 20.8 Å². The van der Waals surface area contributed by atoms with Gasteiger partial charge in [0, 0.05) is 5.92 Å². The molecular formula is C19H25NO11. The highest BCUT2D eigenvalue weighted by atomic mass is 16.7. The van der Waals surface area contributed by atoms with E-state index in [0.29, 0.717) is 5.56 Å². The zero-order valence-corrected chi connectivity index (χ0v) is 17.5. The monoisotopic (exact) mass is 443 g/mol. The molecule has 0 saturated heterocycles. The summed E-state index contributed by atoms with van der Waals surface area (Å²) < 4.78 is 28.5. The molecule has 12 heteroatoms. The fourth-order valence-electron chi connectivity index (χ4n) is 2.57. The minimum Gasteiger partial charge on any atom is -0.480 e. The first-order chi connectivity index (χ1) is 14.6. The van der Waals surface area contributed by atoms with Gasteiger partial charge >= 0.3 is 24.4 Å². The summed E-state index contributed by atoms with van der Waals surface area (Å²) in [6, 6.07) is 2.56. The highest BCUT2D eigenvalue weighted by molar-refractivity contribution is 5.75. The molecule has 3 atom stereocenters. The molecular weight excluding hydrogens is 418 g/mol. The lowest BCUT2D eigenvalue weighted by Gasteiger charge is -2.25. The normalized spacial score (nSPS) is 13.2. The lowest BCUT2D eigenvalue weighted by atomic mass is 9.87. The fourth-order valence-corrected chi connectivity index (χ4v) is 2.57. The number of methoxy groups -OCH3 is 2. The van der Waals surface area contributed by atoms with Crippen molar-refractivity contribution >= 4 is 24.4 Å². The van der Waals surface area contributed by atoms with Crippen LogP contribution in [0.3, 0.4) is 0 Å². The van der Waals surface area contributed by atoms with E-state index in [4.69, 9.17) is 24.7 Å². The van der Waals surface area contributed by atoms with Crippen LogP contribution in [0, 0.1) is 0 Å². The molecule has 0 amide bonds. The van der Waals surface area contributed by atoms with Crippen LogP contribution in [0.15, 0.2) is 18.2 Å². The first kappa shape index (κ1) is 25.5. The van der Waals surface area contributed by atoms with Crippen molar-refractivity contribution in [3.8, 4) is 11.5 Å². The Balaban J connectivity index is 3.27. The van der Waals surface area contributed by atoms with Crippen LogP contribution in [0.2, 0.25) is 0 Å².